The molecule has 6 heteroatoms. The van der Waals surface area contributed by atoms with E-state index in [9.17, 15) is 9.59 Å². The Kier molecular flexibility index (Phi) is 4.46. The fourth-order valence-corrected chi connectivity index (χ4v) is 4.74. The smallest absolute Gasteiger partial charge is 0.267 e. The third kappa shape index (κ3) is 3.27. The number of carbonyl (C=O) groups is 1. The van der Waals surface area contributed by atoms with Crippen LogP contribution in [0.1, 0.15) is 51.5 Å². The lowest BCUT2D eigenvalue weighted by atomic mass is 9.97. The Balaban J connectivity index is 1.55. The van der Waals surface area contributed by atoms with E-state index in [-0.39, 0.29) is 17.5 Å². The number of fused-ring (bicyclic) bond motifs is 1. The van der Waals surface area contributed by atoms with Crippen LogP contribution in [0.25, 0.3) is 0 Å². The number of aromatic nitrogens is 2. The van der Waals surface area contributed by atoms with Crippen molar-refractivity contribution in [1.82, 2.24) is 14.7 Å². The van der Waals surface area contributed by atoms with E-state index in [1.165, 1.54) is 11.3 Å². The monoisotopic (exact) mass is 357 g/mol. The predicted octanol–water partition coefficient (Wildman–Crippen LogP) is 2.80. The Morgan fingerprint density at radius 1 is 1.28 bits per heavy atom. The van der Waals surface area contributed by atoms with Crippen molar-refractivity contribution in [2.45, 2.75) is 58.0 Å². The van der Waals surface area contributed by atoms with E-state index in [0.29, 0.717) is 6.54 Å². The zero-order valence-electron chi connectivity index (χ0n) is 14.5. The maximum absolute atomic E-state index is 12.8. The van der Waals surface area contributed by atoms with Crippen LogP contribution in [-0.4, -0.2) is 33.2 Å². The van der Waals surface area contributed by atoms with Crippen molar-refractivity contribution in [2.24, 2.45) is 0 Å². The van der Waals surface area contributed by atoms with Gasteiger partial charge in [-0.3, -0.25) is 9.59 Å². The molecule has 1 amide bonds. The molecule has 3 heterocycles. The van der Waals surface area contributed by atoms with Crippen molar-refractivity contribution < 1.29 is 4.79 Å². The summed E-state index contributed by atoms with van der Waals surface area (Å²) in [7, 11) is 0. The topological polar surface area (TPSA) is 55.2 Å². The molecule has 0 spiro atoms. The fraction of sp³-hybridized carbons (Fsp3) is 0.526. The molecule has 2 aliphatic rings. The maximum atomic E-state index is 12.8. The Bertz CT molecular complexity index is 855. The van der Waals surface area contributed by atoms with E-state index >= 15 is 0 Å². The average Bonchev–Trinajstić information content (AvgIpc) is 3.24. The van der Waals surface area contributed by atoms with Crippen LogP contribution in [0, 0.1) is 6.92 Å². The SMILES string of the molecule is Cc1ccc(C(=O)N2CCCC2Cn2nc3c(cc2=O)CCCC3)s1. The second-order valence-electron chi connectivity index (χ2n) is 7.05. The van der Waals surface area contributed by atoms with Crippen LogP contribution in [0.3, 0.4) is 0 Å². The quantitative estimate of drug-likeness (QED) is 0.849. The highest BCUT2D eigenvalue weighted by Crippen LogP contribution is 2.25. The van der Waals surface area contributed by atoms with Crippen LogP contribution in [-0.2, 0) is 19.4 Å². The highest BCUT2D eigenvalue weighted by atomic mass is 32.1. The maximum Gasteiger partial charge on any atom is 0.267 e. The molecule has 1 atom stereocenters. The summed E-state index contributed by atoms with van der Waals surface area (Å²) in [5, 5.41) is 4.62. The van der Waals surface area contributed by atoms with Gasteiger partial charge < -0.3 is 4.90 Å². The third-order valence-corrected chi connectivity index (χ3v) is 6.24. The van der Waals surface area contributed by atoms with Gasteiger partial charge in [-0.15, -0.1) is 11.3 Å². The summed E-state index contributed by atoms with van der Waals surface area (Å²) in [4.78, 5) is 29.1. The third-order valence-electron chi connectivity index (χ3n) is 5.25. The number of aryl methyl sites for hydroxylation is 3. The van der Waals surface area contributed by atoms with E-state index in [2.05, 4.69) is 5.10 Å². The van der Waals surface area contributed by atoms with Gasteiger partial charge in [0.05, 0.1) is 23.2 Å². The molecule has 2 aromatic rings. The van der Waals surface area contributed by atoms with Gasteiger partial charge in [-0.05, 0) is 63.1 Å². The number of rotatable bonds is 3. The Labute approximate surface area is 151 Å². The molecule has 1 fully saturated rings. The van der Waals surface area contributed by atoms with Gasteiger partial charge in [0.2, 0.25) is 0 Å². The summed E-state index contributed by atoms with van der Waals surface area (Å²) < 4.78 is 1.58. The van der Waals surface area contributed by atoms with Gasteiger partial charge in [0.15, 0.2) is 0 Å². The van der Waals surface area contributed by atoms with Crippen molar-refractivity contribution in [3.63, 3.8) is 0 Å². The average molecular weight is 357 g/mol. The van der Waals surface area contributed by atoms with Crippen molar-refractivity contribution in [1.29, 1.82) is 0 Å². The molecule has 1 aliphatic carbocycles. The van der Waals surface area contributed by atoms with Crippen molar-refractivity contribution in [2.75, 3.05) is 6.54 Å². The molecule has 5 nitrogen and oxygen atoms in total. The summed E-state index contributed by atoms with van der Waals surface area (Å²) in [6.45, 7) is 3.28. The first-order valence-electron chi connectivity index (χ1n) is 9.09. The Morgan fingerprint density at radius 2 is 2.12 bits per heavy atom. The fourth-order valence-electron chi connectivity index (χ4n) is 3.92. The van der Waals surface area contributed by atoms with Crippen molar-refractivity contribution in [3.8, 4) is 0 Å². The van der Waals surface area contributed by atoms with Gasteiger partial charge in [-0.1, -0.05) is 0 Å². The first-order valence-corrected chi connectivity index (χ1v) is 9.91. The number of carbonyl (C=O) groups excluding carboxylic acids is 1. The minimum atomic E-state index is -0.0353. The lowest BCUT2D eigenvalue weighted by Crippen LogP contribution is -2.40. The van der Waals surface area contributed by atoms with Gasteiger partial charge in [0.1, 0.15) is 0 Å². The highest BCUT2D eigenvalue weighted by Gasteiger charge is 2.31. The zero-order valence-corrected chi connectivity index (χ0v) is 15.3. The molecular weight excluding hydrogens is 334 g/mol. The molecule has 132 valence electrons. The van der Waals surface area contributed by atoms with Gasteiger partial charge in [-0.2, -0.15) is 5.10 Å². The minimum absolute atomic E-state index is 0.0353. The lowest BCUT2D eigenvalue weighted by Gasteiger charge is -2.25. The van der Waals surface area contributed by atoms with Gasteiger partial charge in [0, 0.05) is 17.5 Å². The minimum Gasteiger partial charge on any atom is -0.333 e. The van der Waals surface area contributed by atoms with Crippen molar-refractivity contribution in [3.05, 3.63) is 49.6 Å². The van der Waals surface area contributed by atoms with E-state index < -0.39 is 0 Å². The largest absolute Gasteiger partial charge is 0.333 e. The number of amides is 1. The second-order valence-corrected chi connectivity index (χ2v) is 8.34. The van der Waals surface area contributed by atoms with E-state index in [4.69, 9.17) is 0 Å². The summed E-state index contributed by atoms with van der Waals surface area (Å²) in [5.74, 6) is 0.0895. The zero-order chi connectivity index (χ0) is 17.4. The van der Waals surface area contributed by atoms with Gasteiger partial charge in [-0.25, -0.2) is 4.68 Å². The molecule has 0 N–H and O–H groups in total. The first kappa shape index (κ1) is 16.5. The normalized spacial score (nSPS) is 19.9. The molecule has 0 bridgehead atoms. The standard InChI is InChI=1S/C19H23N3O2S/c1-13-8-9-17(25-13)19(24)21-10-4-6-15(21)12-22-18(23)11-14-5-2-3-7-16(14)20-22/h8-9,11,15H,2-7,10,12H2,1H3. The summed E-state index contributed by atoms with van der Waals surface area (Å²) in [5.41, 5.74) is 2.14. The molecule has 1 unspecified atom stereocenters. The number of thiophene rings is 1. The van der Waals surface area contributed by atoms with Crippen LogP contribution in [0.15, 0.2) is 23.0 Å². The number of nitrogens with zero attached hydrogens (tertiary/aromatic N) is 3. The van der Waals surface area contributed by atoms with E-state index in [1.54, 1.807) is 10.7 Å². The molecule has 0 aromatic carbocycles. The van der Waals surface area contributed by atoms with Crippen LogP contribution in [0.2, 0.25) is 0 Å². The lowest BCUT2D eigenvalue weighted by molar-refractivity contribution is 0.0725. The summed E-state index contributed by atoms with van der Waals surface area (Å²) in [6.07, 6.45) is 6.12. The van der Waals surface area contributed by atoms with Crippen molar-refractivity contribution >= 4 is 17.2 Å². The molecule has 0 radical (unpaired) electrons. The molecule has 1 saturated heterocycles. The van der Waals surface area contributed by atoms with Gasteiger partial charge >= 0.3 is 0 Å². The van der Waals surface area contributed by atoms with Crippen LogP contribution < -0.4 is 5.56 Å². The molecule has 1 aliphatic heterocycles. The molecule has 4 rings (SSSR count). The first-order chi connectivity index (χ1) is 12.1. The highest BCUT2D eigenvalue weighted by molar-refractivity contribution is 7.13. The molecular formula is C19H23N3O2S. The van der Waals surface area contributed by atoms with Crippen LogP contribution in [0.5, 0.6) is 0 Å². The number of hydrogen-bond donors (Lipinski definition) is 0. The van der Waals surface area contributed by atoms with Gasteiger partial charge in [0.25, 0.3) is 11.5 Å². The number of likely N-dealkylation sites (tertiary alicyclic amines) is 1. The Hall–Kier alpha value is -1.95. The molecule has 0 saturated carbocycles. The molecule has 2 aromatic heterocycles. The predicted molar refractivity (Wildman–Crippen MR) is 98.3 cm³/mol. The second kappa shape index (κ2) is 6.75. The molecule has 25 heavy (non-hydrogen) atoms. The summed E-state index contributed by atoms with van der Waals surface area (Å²) >= 11 is 1.54. The number of hydrogen-bond acceptors (Lipinski definition) is 4. The van der Waals surface area contributed by atoms with E-state index in [0.717, 1.165) is 66.1 Å². The van der Waals surface area contributed by atoms with Crippen LogP contribution in [0.4, 0.5) is 0 Å². The van der Waals surface area contributed by atoms with Crippen LogP contribution >= 0.6 is 11.3 Å². The summed E-state index contributed by atoms with van der Waals surface area (Å²) in [6, 6.07) is 5.70. The Morgan fingerprint density at radius 3 is 2.92 bits per heavy atom. The van der Waals surface area contributed by atoms with E-state index in [1.807, 2.05) is 24.0 Å².